The first-order valence-corrected chi connectivity index (χ1v) is 18.5. The molecule has 3 saturated carbocycles. The Morgan fingerprint density at radius 3 is 2.43 bits per heavy atom. The Hall–Kier alpha value is -5.53. The Morgan fingerprint density at radius 1 is 0.925 bits per heavy atom. The third-order valence-corrected chi connectivity index (χ3v) is 11.0. The first-order chi connectivity index (χ1) is 25.6. The molecule has 14 nitrogen and oxygen atoms in total. The number of phenols is 1. The number of unbranched alkanes of at least 4 members (excludes halogenated alkanes) is 5. The lowest BCUT2D eigenvalue weighted by atomic mass is 9.38. The highest BCUT2D eigenvalue weighted by Crippen LogP contribution is 2.69. The first kappa shape index (κ1) is 35.9. The van der Waals surface area contributed by atoms with Crippen LogP contribution < -0.4 is 26.4 Å². The predicted molar refractivity (Wildman–Crippen MR) is 195 cm³/mol. The van der Waals surface area contributed by atoms with E-state index >= 15 is 0 Å². The van der Waals surface area contributed by atoms with Crippen LogP contribution in [-0.4, -0.2) is 74.5 Å². The summed E-state index contributed by atoms with van der Waals surface area (Å²) in [6.07, 6.45) is 10.5. The van der Waals surface area contributed by atoms with Gasteiger partial charge in [-0.2, -0.15) is 0 Å². The number of carbonyl (C=O) groups is 5. The van der Waals surface area contributed by atoms with Crippen molar-refractivity contribution in [1.29, 1.82) is 0 Å². The van der Waals surface area contributed by atoms with E-state index in [0.717, 1.165) is 74.8 Å². The van der Waals surface area contributed by atoms with Gasteiger partial charge in [0.25, 0.3) is 11.8 Å². The van der Waals surface area contributed by atoms with Crippen LogP contribution in [0.4, 0.5) is 11.5 Å². The Kier molecular flexibility index (Phi) is 10.0. The van der Waals surface area contributed by atoms with Crippen LogP contribution >= 0.6 is 0 Å². The van der Waals surface area contributed by atoms with Gasteiger partial charge in [-0.1, -0.05) is 37.8 Å². The van der Waals surface area contributed by atoms with E-state index in [1.54, 1.807) is 42.5 Å². The molecule has 2 aliphatic heterocycles. The molecule has 5 aliphatic rings. The number of ether oxygens (including phenoxy) is 1. The van der Waals surface area contributed by atoms with Gasteiger partial charge in [0, 0.05) is 42.2 Å². The minimum atomic E-state index is -0.976. The zero-order valence-electron chi connectivity index (χ0n) is 29.6. The summed E-state index contributed by atoms with van der Waals surface area (Å²) < 4.78 is 5.98. The van der Waals surface area contributed by atoms with Crippen LogP contribution in [0.1, 0.15) is 104 Å². The highest BCUT2D eigenvalue weighted by molar-refractivity contribution is 6.23. The molecule has 2 bridgehead atoms. The zero-order valence-corrected chi connectivity index (χ0v) is 29.6. The Bertz CT molecular complexity index is 1930. The number of rotatable bonds is 17. The van der Waals surface area contributed by atoms with Crippen molar-refractivity contribution in [2.75, 3.05) is 24.2 Å². The van der Waals surface area contributed by atoms with E-state index in [1.165, 1.54) is 0 Å². The third-order valence-electron chi connectivity index (χ3n) is 11.0. The SMILES string of the molecule is Nc1nnc(-c2ccccc2O)cc1OCCC12CC(NC(=O)CCCCCCCCNc3ccc4c(c3)C(=O)N(C3CCC(=O)NC3=O)C4=O)(C1)C2. The lowest BCUT2D eigenvalue weighted by Gasteiger charge is -2.71. The lowest BCUT2D eigenvalue weighted by molar-refractivity contribution is -0.171. The second-order valence-electron chi connectivity index (χ2n) is 15.0. The minimum absolute atomic E-state index is 0.0616. The molecule has 1 aromatic heterocycles. The number of nitrogens with one attached hydrogen (secondary N) is 3. The van der Waals surface area contributed by atoms with Crippen molar-refractivity contribution in [1.82, 2.24) is 25.7 Å². The van der Waals surface area contributed by atoms with E-state index in [0.29, 0.717) is 36.6 Å². The molecule has 0 spiro atoms. The largest absolute Gasteiger partial charge is 0.507 e. The fraction of sp³-hybridized carbons (Fsp3) is 0.462. The number of phenolic OH excluding ortho intramolecular Hbond substituents is 1. The summed E-state index contributed by atoms with van der Waals surface area (Å²) in [5, 5.41) is 27.1. The first-order valence-electron chi connectivity index (χ1n) is 18.5. The number of nitrogen functional groups attached to an aromatic ring is 1. The van der Waals surface area contributed by atoms with Crippen LogP contribution in [0.5, 0.6) is 11.5 Å². The van der Waals surface area contributed by atoms with Crippen molar-refractivity contribution >= 4 is 41.0 Å². The number of hydrogen-bond donors (Lipinski definition) is 5. The third kappa shape index (κ3) is 7.53. The van der Waals surface area contributed by atoms with E-state index in [2.05, 4.69) is 26.1 Å². The van der Waals surface area contributed by atoms with Gasteiger partial charge in [0.15, 0.2) is 11.6 Å². The molecule has 14 heteroatoms. The van der Waals surface area contributed by atoms with E-state index in [-0.39, 0.29) is 52.4 Å². The summed E-state index contributed by atoms with van der Waals surface area (Å²) in [6, 6.07) is 12.7. The van der Waals surface area contributed by atoms with Crippen molar-refractivity contribution in [3.63, 3.8) is 0 Å². The van der Waals surface area contributed by atoms with Gasteiger partial charge in [0.05, 0.1) is 17.7 Å². The average molecular weight is 724 g/mol. The van der Waals surface area contributed by atoms with Gasteiger partial charge in [0.2, 0.25) is 17.7 Å². The number of nitrogens with two attached hydrogens (primary N) is 1. The van der Waals surface area contributed by atoms with Crippen molar-refractivity contribution in [2.24, 2.45) is 5.41 Å². The fourth-order valence-electron chi connectivity index (χ4n) is 8.38. The molecule has 278 valence electrons. The van der Waals surface area contributed by atoms with Crippen molar-refractivity contribution < 1.29 is 33.8 Å². The van der Waals surface area contributed by atoms with Crippen LogP contribution in [0.15, 0.2) is 48.5 Å². The Morgan fingerprint density at radius 2 is 1.66 bits per heavy atom. The number of aromatic hydroxyl groups is 1. The van der Waals surface area contributed by atoms with Gasteiger partial charge < -0.3 is 26.2 Å². The normalized spacial score (nSPS) is 22.8. The molecule has 1 saturated heterocycles. The zero-order chi connectivity index (χ0) is 37.2. The van der Waals surface area contributed by atoms with E-state index in [4.69, 9.17) is 10.5 Å². The highest BCUT2D eigenvalue weighted by Gasteiger charge is 2.67. The number of carbonyl (C=O) groups excluding carboxylic acids is 5. The standard InChI is InChI=1S/C39H45N7O7/c40-34-31(20-28(44-45-34)26-9-6-7-10-30(26)47)53-18-16-38-21-39(22-38,23-38)43-33(49)11-5-3-1-2-4-8-17-41-24-12-13-25-27(19-24)37(52)46(36(25)51)29-14-15-32(48)42-35(29)50/h6-7,9-10,12-13,19-20,29,41,47H,1-5,8,11,14-18,21-23H2,(H2,40,45)(H,43,49)(H,42,48,50). The van der Waals surface area contributed by atoms with Gasteiger partial charge in [-0.3, -0.25) is 34.2 Å². The monoisotopic (exact) mass is 723 g/mol. The van der Waals surface area contributed by atoms with Gasteiger partial charge >= 0.3 is 0 Å². The van der Waals surface area contributed by atoms with Gasteiger partial charge in [-0.15, -0.1) is 10.2 Å². The number of para-hydroxylation sites is 1. The molecule has 3 heterocycles. The lowest BCUT2D eigenvalue weighted by Crippen LogP contribution is -2.74. The van der Waals surface area contributed by atoms with E-state index < -0.39 is 29.7 Å². The number of hydrogen-bond acceptors (Lipinski definition) is 11. The molecule has 53 heavy (non-hydrogen) atoms. The molecule has 8 rings (SSSR count). The molecule has 6 N–H and O–H groups in total. The van der Waals surface area contributed by atoms with Gasteiger partial charge in [0.1, 0.15) is 17.5 Å². The van der Waals surface area contributed by atoms with Crippen LogP contribution in [0.25, 0.3) is 11.3 Å². The molecule has 3 aromatic rings. The van der Waals surface area contributed by atoms with Gasteiger partial charge in [-0.05, 0) is 80.7 Å². The number of aromatic nitrogens is 2. The molecule has 2 aromatic carbocycles. The highest BCUT2D eigenvalue weighted by atomic mass is 16.5. The maximum atomic E-state index is 13.0. The van der Waals surface area contributed by atoms with Crippen molar-refractivity contribution in [3.8, 4) is 22.8 Å². The Labute approximate surface area is 307 Å². The van der Waals surface area contributed by atoms with Gasteiger partial charge in [-0.25, -0.2) is 0 Å². The number of benzene rings is 2. The number of imide groups is 2. The Balaban J connectivity index is 0.732. The summed E-state index contributed by atoms with van der Waals surface area (Å²) in [7, 11) is 0. The molecular formula is C39H45N7O7. The van der Waals surface area contributed by atoms with Crippen LogP contribution in [0.2, 0.25) is 0 Å². The fourth-order valence-corrected chi connectivity index (χ4v) is 8.38. The van der Waals surface area contributed by atoms with Crippen LogP contribution in [0.3, 0.4) is 0 Å². The summed E-state index contributed by atoms with van der Waals surface area (Å²) in [5.41, 5.74) is 8.45. The predicted octanol–water partition coefficient (Wildman–Crippen LogP) is 4.48. The topological polar surface area (TPSA) is 206 Å². The summed E-state index contributed by atoms with van der Waals surface area (Å²) in [6.45, 7) is 1.20. The number of piperidine rings is 1. The molecule has 0 radical (unpaired) electrons. The molecule has 5 amide bonds. The summed E-state index contributed by atoms with van der Waals surface area (Å²) in [4.78, 5) is 63.3. The number of nitrogens with zero attached hydrogens (tertiary/aromatic N) is 3. The quantitative estimate of drug-likeness (QED) is 0.0970. The smallest absolute Gasteiger partial charge is 0.262 e. The molecule has 1 atom stereocenters. The number of amides is 5. The van der Waals surface area contributed by atoms with Crippen LogP contribution in [-0.2, 0) is 14.4 Å². The number of anilines is 2. The number of fused-ring (bicyclic) bond motifs is 1. The van der Waals surface area contributed by atoms with Crippen molar-refractivity contribution in [3.05, 3.63) is 59.7 Å². The minimum Gasteiger partial charge on any atom is -0.507 e. The maximum absolute atomic E-state index is 13.0. The molecule has 3 aliphatic carbocycles. The summed E-state index contributed by atoms with van der Waals surface area (Å²) in [5.74, 6) is -1.16. The molecule has 1 unspecified atom stereocenters. The summed E-state index contributed by atoms with van der Waals surface area (Å²) >= 11 is 0. The molecular weight excluding hydrogens is 678 g/mol. The second kappa shape index (κ2) is 14.8. The van der Waals surface area contributed by atoms with Crippen molar-refractivity contribution in [2.45, 2.75) is 95.1 Å². The van der Waals surface area contributed by atoms with E-state index in [1.807, 2.05) is 6.07 Å². The molecule has 4 fully saturated rings. The second-order valence-corrected chi connectivity index (χ2v) is 15.0. The maximum Gasteiger partial charge on any atom is 0.262 e. The van der Waals surface area contributed by atoms with Crippen LogP contribution in [0, 0.1) is 5.41 Å². The average Bonchev–Trinajstić information content (AvgIpc) is 3.35. The van der Waals surface area contributed by atoms with E-state index in [9.17, 15) is 29.1 Å².